The number of imide groups is 1. The van der Waals surface area contributed by atoms with Gasteiger partial charge in [0.1, 0.15) is 0 Å². The molecule has 3 unspecified atom stereocenters. The van der Waals surface area contributed by atoms with Gasteiger partial charge in [-0.2, -0.15) is 0 Å². The van der Waals surface area contributed by atoms with Crippen LogP contribution in [0.15, 0.2) is 12.2 Å². The lowest BCUT2D eigenvalue weighted by molar-refractivity contribution is -0.126. The summed E-state index contributed by atoms with van der Waals surface area (Å²) in [6, 6.07) is -0.750. The smallest absolute Gasteiger partial charge is 0.318 e. The van der Waals surface area contributed by atoms with Crippen molar-refractivity contribution in [3.05, 3.63) is 12.2 Å². The van der Waals surface area contributed by atoms with Gasteiger partial charge in [-0.25, -0.2) is 4.79 Å². The van der Waals surface area contributed by atoms with E-state index in [1.165, 1.54) is 6.42 Å². The fourth-order valence-electron chi connectivity index (χ4n) is 2.45. The molecule has 3 aliphatic rings. The number of allylic oxidation sites excluding steroid dienone is 2. The second-order valence-electron chi connectivity index (χ2n) is 4.08. The summed E-state index contributed by atoms with van der Waals surface area (Å²) in [6.45, 7) is 0. The first-order valence-electron chi connectivity index (χ1n) is 4.95. The summed E-state index contributed by atoms with van der Waals surface area (Å²) in [7, 11) is 0. The van der Waals surface area contributed by atoms with Crippen LogP contribution in [0.2, 0.25) is 0 Å². The fraction of sp³-hybridized carbons (Fsp3) is 0.600. The first-order chi connectivity index (χ1) is 6.66. The molecule has 1 saturated carbocycles. The monoisotopic (exact) mass is 194 g/mol. The molecule has 0 heterocycles. The van der Waals surface area contributed by atoms with Gasteiger partial charge in [0, 0.05) is 5.92 Å². The number of hydrogen-bond donors (Lipinski definition) is 2. The molecule has 4 heteroatoms. The van der Waals surface area contributed by atoms with Gasteiger partial charge in [0.25, 0.3) is 0 Å². The third-order valence-corrected chi connectivity index (χ3v) is 3.16. The summed E-state index contributed by atoms with van der Waals surface area (Å²) >= 11 is 0. The van der Waals surface area contributed by atoms with E-state index in [2.05, 4.69) is 17.5 Å². The van der Waals surface area contributed by atoms with Crippen LogP contribution in [0.25, 0.3) is 0 Å². The molecule has 3 rings (SSSR count). The molecule has 0 aromatic heterocycles. The van der Waals surface area contributed by atoms with Gasteiger partial charge >= 0.3 is 6.03 Å². The van der Waals surface area contributed by atoms with Crippen LogP contribution in [0.3, 0.4) is 0 Å². The number of urea groups is 1. The molecule has 1 fully saturated rings. The van der Waals surface area contributed by atoms with Crippen LogP contribution < -0.4 is 11.1 Å². The van der Waals surface area contributed by atoms with E-state index in [0.29, 0.717) is 11.8 Å². The highest BCUT2D eigenvalue weighted by Gasteiger charge is 2.36. The Morgan fingerprint density at radius 3 is 2.50 bits per heavy atom. The minimum Gasteiger partial charge on any atom is -0.351 e. The van der Waals surface area contributed by atoms with Crippen LogP contribution in [0.5, 0.6) is 0 Å². The summed E-state index contributed by atoms with van der Waals surface area (Å²) in [5.74, 6) is 0.561. The number of carbonyl (C=O) groups excluding carboxylic acids is 2. The number of primary amides is 1. The fourth-order valence-corrected chi connectivity index (χ4v) is 2.45. The van der Waals surface area contributed by atoms with Gasteiger partial charge in [0.15, 0.2) is 0 Å². The molecule has 0 aliphatic heterocycles. The number of amides is 3. The maximum absolute atomic E-state index is 11.6. The lowest BCUT2D eigenvalue weighted by Crippen LogP contribution is -2.44. The SMILES string of the molecule is NC(=O)NC(=O)C1CC2C=CC1CC2. The molecule has 14 heavy (non-hydrogen) atoms. The summed E-state index contributed by atoms with van der Waals surface area (Å²) in [6.07, 6.45) is 7.37. The van der Waals surface area contributed by atoms with Gasteiger partial charge in [-0.15, -0.1) is 0 Å². The minimum absolute atomic E-state index is 0.0498. The normalized spacial score (nSPS) is 34.1. The van der Waals surface area contributed by atoms with Crippen molar-refractivity contribution in [1.82, 2.24) is 5.32 Å². The van der Waals surface area contributed by atoms with Crippen molar-refractivity contribution in [2.45, 2.75) is 19.3 Å². The maximum atomic E-state index is 11.6. The molecular weight excluding hydrogens is 180 g/mol. The van der Waals surface area contributed by atoms with Gasteiger partial charge in [0.2, 0.25) is 5.91 Å². The second-order valence-corrected chi connectivity index (χ2v) is 4.08. The lowest BCUT2D eigenvalue weighted by Gasteiger charge is -2.36. The van der Waals surface area contributed by atoms with Gasteiger partial charge in [-0.05, 0) is 31.1 Å². The average Bonchev–Trinajstić information content (AvgIpc) is 2.18. The van der Waals surface area contributed by atoms with Crippen molar-refractivity contribution >= 4 is 11.9 Å². The standard InChI is InChI=1S/C10H14N2O2/c11-10(14)12-9(13)8-5-6-1-3-7(8)4-2-6/h1,3,6-8H,2,4-5H2,(H3,11,12,13,14). The molecule has 0 saturated heterocycles. The summed E-state index contributed by atoms with van der Waals surface area (Å²) in [5.41, 5.74) is 4.91. The molecule has 0 aromatic rings. The molecule has 2 bridgehead atoms. The van der Waals surface area contributed by atoms with Crippen LogP contribution in [-0.4, -0.2) is 11.9 Å². The van der Waals surface area contributed by atoms with Crippen molar-refractivity contribution in [3.63, 3.8) is 0 Å². The number of carbonyl (C=O) groups is 2. The molecule has 3 N–H and O–H groups in total. The molecule has 0 spiro atoms. The Morgan fingerprint density at radius 1 is 1.29 bits per heavy atom. The maximum Gasteiger partial charge on any atom is 0.318 e. The molecule has 0 aromatic carbocycles. The van der Waals surface area contributed by atoms with E-state index in [9.17, 15) is 9.59 Å². The molecule has 0 radical (unpaired) electrons. The quantitative estimate of drug-likeness (QED) is 0.605. The Morgan fingerprint density at radius 2 is 2.07 bits per heavy atom. The minimum atomic E-state index is -0.750. The van der Waals surface area contributed by atoms with Crippen LogP contribution in [-0.2, 0) is 4.79 Å². The number of fused-ring (bicyclic) bond motifs is 2. The first-order valence-corrected chi connectivity index (χ1v) is 4.95. The number of rotatable bonds is 1. The Kier molecular flexibility index (Phi) is 2.27. The van der Waals surface area contributed by atoms with Crippen LogP contribution in [0, 0.1) is 17.8 Å². The van der Waals surface area contributed by atoms with Gasteiger partial charge in [0.05, 0.1) is 0 Å². The van der Waals surface area contributed by atoms with Crippen LogP contribution >= 0.6 is 0 Å². The van der Waals surface area contributed by atoms with Crippen molar-refractivity contribution in [1.29, 1.82) is 0 Å². The van der Waals surface area contributed by atoms with Gasteiger partial charge in [-0.1, -0.05) is 12.2 Å². The zero-order valence-electron chi connectivity index (χ0n) is 7.90. The van der Waals surface area contributed by atoms with Crippen LogP contribution in [0.4, 0.5) is 4.79 Å². The van der Waals surface area contributed by atoms with Gasteiger partial charge in [-0.3, -0.25) is 10.1 Å². The van der Waals surface area contributed by atoms with E-state index in [-0.39, 0.29) is 11.8 Å². The summed E-state index contributed by atoms with van der Waals surface area (Å²) in [4.78, 5) is 22.1. The molecular formula is C10H14N2O2. The van der Waals surface area contributed by atoms with Crippen LogP contribution in [0.1, 0.15) is 19.3 Å². The van der Waals surface area contributed by atoms with Crippen molar-refractivity contribution < 1.29 is 9.59 Å². The Labute approximate surface area is 82.5 Å². The highest BCUT2D eigenvalue weighted by molar-refractivity contribution is 5.95. The first kappa shape index (κ1) is 9.24. The predicted octanol–water partition coefficient (Wildman–Crippen LogP) is 0.784. The molecule has 3 amide bonds. The summed E-state index contributed by atoms with van der Waals surface area (Å²) < 4.78 is 0. The molecule has 76 valence electrons. The van der Waals surface area contributed by atoms with E-state index in [1.807, 2.05) is 0 Å². The zero-order valence-corrected chi connectivity index (χ0v) is 7.90. The second kappa shape index (κ2) is 3.44. The van der Waals surface area contributed by atoms with E-state index >= 15 is 0 Å². The Hall–Kier alpha value is -1.32. The molecule has 3 aliphatic carbocycles. The van der Waals surface area contributed by atoms with E-state index in [1.54, 1.807) is 0 Å². The van der Waals surface area contributed by atoms with Crippen molar-refractivity contribution in [2.75, 3.05) is 0 Å². The van der Waals surface area contributed by atoms with Gasteiger partial charge < -0.3 is 5.73 Å². The zero-order chi connectivity index (χ0) is 10.1. The average molecular weight is 194 g/mol. The van der Waals surface area contributed by atoms with E-state index in [4.69, 9.17) is 5.73 Å². The van der Waals surface area contributed by atoms with E-state index < -0.39 is 6.03 Å². The highest BCUT2D eigenvalue weighted by atomic mass is 16.2. The lowest BCUT2D eigenvalue weighted by atomic mass is 9.69. The topological polar surface area (TPSA) is 72.2 Å². The third-order valence-electron chi connectivity index (χ3n) is 3.16. The predicted molar refractivity (Wildman–Crippen MR) is 51.2 cm³/mol. The van der Waals surface area contributed by atoms with Crippen molar-refractivity contribution in [2.24, 2.45) is 23.5 Å². The summed E-state index contributed by atoms with van der Waals surface area (Å²) in [5, 5.41) is 2.16. The Balaban J connectivity index is 2.02. The number of nitrogens with two attached hydrogens (primary N) is 1. The highest BCUT2D eigenvalue weighted by Crippen LogP contribution is 2.40. The largest absolute Gasteiger partial charge is 0.351 e. The Bertz CT molecular complexity index is 298. The molecule has 3 atom stereocenters. The molecule has 4 nitrogen and oxygen atoms in total. The van der Waals surface area contributed by atoms with Crippen molar-refractivity contribution in [3.8, 4) is 0 Å². The third kappa shape index (κ3) is 1.64. The van der Waals surface area contributed by atoms with E-state index in [0.717, 1.165) is 12.8 Å². The number of hydrogen-bond acceptors (Lipinski definition) is 2. The number of nitrogens with one attached hydrogen (secondary N) is 1.